The lowest BCUT2D eigenvalue weighted by Gasteiger charge is -2.30. The van der Waals surface area contributed by atoms with E-state index in [0.29, 0.717) is 31.7 Å². The first kappa shape index (κ1) is 21.5. The van der Waals surface area contributed by atoms with Crippen molar-refractivity contribution in [3.63, 3.8) is 0 Å². The zero-order valence-corrected chi connectivity index (χ0v) is 16.7. The fourth-order valence-corrected chi connectivity index (χ4v) is 2.91. The second-order valence-corrected chi connectivity index (χ2v) is 7.15. The molecule has 0 radical (unpaired) electrons. The number of ether oxygens (including phenoxy) is 1. The van der Waals surface area contributed by atoms with Gasteiger partial charge in [-0.25, -0.2) is 0 Å². The van der Waals surface area contributed by atoms with Gasteiger partial charge in [-0.3, -0.25) is 9.69 Å². The summed E-state index contributed by atoms with van der Waals surface area (Å²) in [7, 11) is 0. The lowest BCUT2D eigenvalue weighted by Crippen LogP contribution is -2.39. The predicted molar refractivity (Wildman–Crippen MR) is 105 cm³/mol. The Hall–Kier alpha value is -1.55. The first-order valence-electron chi connectivity index (χ1n) is 9.68. The third kappa shape index (κ3) is 8.92. The average Bonchev–Trinajstić information content (AvgIpc) is 2.57. The van der Waals surface area contributed by atoms with Gasteiger partial charge in [0.2, 0.25) is 5.91 Å². The summed E-state index contributed by atoms with van der Waals surface area (Å²) >= 11 is 0. The van der Waals surface area contributed by atoms with Crippen molar-refractivity contribution in [3.05, 3.63) is 29.8 Å². The fraction of sp³-hybridized carbons (Fsp3) is 0.667. The van der Waals surface area contributed by atoms with Crippen LogP contribution in [0.15, 0.2) is 24.3 Å². The van der Waals surface area contributed by atoms with Crippen LogP contribution in [0.1, 0.15) is 65.9 Å². The third-order valence-corrected chi connectivity index (χ3v) is 4.37. The lowest BCUT2D eigenvalue weighted by molar-refractivity contribution is -0.121. The Kier molecular flexibility index (Phi) is 10.2. The normalized spacial score (nSPS) is 11.4. The molecule has 0 saturated carbocycles. The summed E-state index contributed by atoms with van der Waals surface area (Å²) in [5.41, 5.74) is 1.10. The number of hydrogen-bond donors (Lipinski definition) is 1. The van der Waals surface area contributed by atoms with Crippen LogP contribution in [-0.4, -0.2) is 36.0 Å². The highest BCUT2D eigenvalue weighted by molar-refractivity contribution is 5.75. The van der Waals surface area contributed by atoms with Crippen LogP contribution in [0.2, 0.25) is 0 Å². The Balaban J connectivity index is 2.32. The standard InChI is InChI=1S/C21H36N2O2/c1-6-7-8-9-21(24)22-16-19-10-12-20(13-11-19)25-15-14-23(17(2)3)18(4)5/h10-13,17-18H,6-9,14-16H2,1-5H3,(H,22,24). The molecule has 25 heavy (non-hydrogen) atoms. The molecule has 0 bridgehead atoms. The van der Waals surface area contributed by atoms with Crippen molar-refractivity contribution in [1.29, 1.82) is 0 Å². The smallest absolute Gasteiger partial charge is 0.220 e. The van der Waals surface area contributed by atoms with Gasteiger partial charge in [-0.05, 0) is 51.8 Å². The molecule has 0 atom stereocenters. The molecule has 1 rings (SSSR count). The van der Waals surface area contributed by atoms with Gasteiger partial charge in [0.15, 0.2) is 0 Å². The van der Waals surface area contributed by atoms with Gasteiger partial charge in [-0.15, -0.1) is 0 Å². The van der Waals surface area contributed by atoms with Gasteiger partial charge >= 0.3 is 0 Å². The molecule has 1 aromatic carbocycles. The number of nitrogens with zero attached hydrogens (tertiary/aromatic N) is 1. The van der Waals surface area contributed by atoms with Crippen LogP contribution < -0.4 is 10.1 Å². The minimum Gasteiger partial charge on any atom is -0.492 e. The zero-order chi connectivity index (χ0) is 18.7. The maximum Gasteiger partial charge on any atom is 0.220 e. The van der Waals surface area contributed by atoms with Crippen LogP contribution in [-0.2, 0) is 11.3 Å². The van der Waals surface area contributed by atoms with E-state index in [4.69, 9.17) is 4.74 Å². The van der Waals surface area contributed by atoms with E-state index in [-0.39, 0.29) is 5.91 Å². The molecule has 0 fully saturated rings. The Morgan fingerprint density at radius 3 is 2.28 bits per heavy atom. The largest absolute Gasteiger partial charge is 0.492 e. The van der Waals surface area contributed by atoms with E-state index >= 15 is 0 Å². The minimum absolute atomic E-state index is 0.135. The molecule has 142 valence electrons. The van der Waals surface area contributed by atoms with E-state index in [1.54, 1.807) is 0 Å². The molecular formula is C21H36N2O2. The van der Waals surface area contributed by atoms with E-state index in [1.807, 2.05) is 24.3 Å². The van der Waals surface area contributed by atoms with Gasteiger partial charge in [-0.2, -0.15) is 0 Å². The average molecular weight is 349 g/mol. The molecule has 1 N–H and O–H groups in total. The van der Waals surface area contributed by atoms with E-state index in [1.165, 1.54) is 0 Å². The second kappa shape index (κ2) is 11.9. The van der Waals surface area contributed by atoms with Gasteiger partial charge < -0.3 is 10.1 Å². The highest BCUT2D eigenvalue weighted by Crippen LogP contribution is 2.13. The van der Waals surface area contributed by atoms with Gasteiger partial charge in [0, 0.05) is 31.6 Å². The number of carbonyl (C=O) groups is 1. The topological polar surface area (TPSA) is 41.6 Å². The number of rotatable bonds is 12. The van der Waals surface area contributed by atoms with Gasteiger partial charge in [-0.1, -0.05) is 31.9 Å². The summed E-state index contributed by atoms with van der Waals surface area (Å²) in [4.78, 5) is 14.2. The molecule has 1 amide bonds. The number of carbonyl (C=O) groups excluding carboxylic acids is 1. The summed E-state index contributed by atoms with van der Waals surface area (Å²) in [5.74, 6) is 1.02. The van der Waals surface area contributed by atoms with Crippen LogP contribution in [0.5, 0.6) is 5.75 Å². The molecule has 0 heterocycles. The second-order valence-electron chi connectivity index (χ2n) is 7.15. The number of benzene rings is 1. The fourth-order valence-electron chi connectivity index (χ4n) is 2.91. The Bertz CT molecular complexity index is 475. The molecule has 4 heteroatoms. The Labute approximate surface area is 153 Å². The van der Waals surface area contributed by atoms with E-state index < -0.39 is 0 Å². The summed E-state index contributed by atoms with van der Waals surface area (Å²) in [6.45, 7) is 13.2. The van der Waals surface area contributed by atoms with Crippen molar-refractivity contribution >= 4 is 5.91 Å². The van der Waals surface area contributed by atoms with Gasteiger partial charge in [0.05, 0.1) is 0 Å². The van der Waals surface area contributed by atoms with Crippen molar-refractivity contribution < 1.29 is 9.53 Å². The number of hydrogen-bond acceptors (Lipinski definition) is 3. The first-order chi connectivity index (χ1) is 11.9. The molecule has 0 unspecified atom stereocenters. The third-order valence-electron chi connectivity index (χ3n) is 4.37. The van der Waals surface area contributed by atoms with Crippen molar-refractivity contribution in [2.45, 2.75) is 78.9 Å². The highest BCUT2D eigenvalue weighted by Gasteiger charge is 2.12. The van der Waals surface area contributed by atoms with Crippen molar-refractivity contribution in [3.8, 4) is 5.75 Å². The van der Waals surface area contributed by atoms with Crippen LogP contribution >= 0.6 is 0 Å². The van der Waals surface area contributed by atoms with Crippen LogP contribution in [0.25, 0.3) is 0 Å². The maximum absolute atomic E-state index is 11.7. The molecule has 0 spiro atoms. The Morgan fingerprint density at radius 1 is 1.08 bits per heavy atom. The monoisotopic (exact) mass is 348 g/mol. The van der Waals surface area contributed by atoms with E-state index in [0.717, 1.165) is 37.1 Å². The zero-order valence-electron chi connectivity index (χ0n) is 16.7. The quantitative estimate of drug-likeness (QED) is 0.570. The predicted octanol–water partition coefficient (Wildman–Crippen LogP) is 4.38. The molecule has 0 aromatic heterocycles. The van der Waals surface area contributed by atoms with Gasteiger partial charge in [0.25, 0.3) is 0 Å². The van der Waals surface area contributed by atoms with Crippen LogP contribution in [0.3, 0.4) is 0 Å². The molecule has 4 nitrogen and oxygen atoms in total. The van der Waals surface area contributed by atoms with E-state index in [9.17, 15) is 4.79 Å². The summed E-state index contributed by atoms with van der Waals surface area (Å²) in [6, 6.07) is 9.04. The molecule has 0 aliphatic rings. The van der Waals surface area contributed by atoms with Crippen molar-refractivity contribution in [2.75, 3.05) is 13.2 Å². The molecule has 0 saturated heterocycles. The number of unbranched alkanes of at least 4 members (excludes halogenated alkanes) is 2. The number of amides is 1. The molecule has 0 aliphatic heterocycles. The molecular weight excluding hydrogens is 312 g/mol. The lowest BCUT2D eigenvalue weighted by atomic mass is 10.2. The summed E-state index contributed by atoms with van der Waals surface area (Å²) in [6.07, 6.45) is 3.85. The number of nitrogens with one attached hydrogen (secondary N) is 1. The van der Waals surface area contributed by atoms with E-state index in [2.05, 4.69) is 44.8 Å². The molecule has 1 aromatic rings. The Morgan fingerprint density at radius 2 is 1.72 bits per heavy atom. The van der Waals surface area contributed by atoms with Gasteiger partial charge in [0.1, 0.15) is 12.4 Å². The van der Waals surface area contributed by atoms with Crippen molar-refractivity contribution in [2.24, 2.45) is 0 Å². The van der Waals surface area contributed by atoms with Crippen molar-refractivity contribution in [1.82, 2.24) is 10.2 Å². The highest BCUT2D eigenvalue weighted by atomic mass is 16.5. The first-order valence-corrected chi connectivity index (χ1v) is 9.68. The van der Waals surface area contributed by atoms with Crippen LogP contribution in [0, 0.1) is 0 Å². The minimum atomic E-state index is 0.135. The summed E-state index contributed by atoms with van der Waals surface area (Å²) < 4.78 is 5.85. The van der Waals surface area contributed by atoms with Crippen LogP contribution in [0.4, 0.5) is 0 Å². The SMILES string of the molecule is CCCCCC(=O)NCc1ccc(OCCN(C(C)C)C(C)C)cc1. The molecule has 0 aliphatic carbocycles. The summed E-state index contributed by atoms with van der Waals surface area (Å²) in [5, 5.41) is 2.97. The maximum atomic E-state index is 11.7.